The number of carbonyl (C=O) groups excluding carboxylic acids is 1. The first-order valence-corrected chi connectivity index (χ1v) is 6.17. The van der Waals surface area contributed by atoms with Crippen molar-refractivity contribution in [2.75, 3.05) is 34.3 Å². The molecule has 0 aliphatic heterocycles. The van der Waals surface area contributed by atoms with Crippen LogP contribution in [0.4, 0.5) is 4.39 Å². The highest BCUT2D eigenvalue weighted by Gasteiger charge is 2.21. The summed E-state index contributed by atoms with van der Waals surface area (Å²) in [4.78, 5) is 13.8. The molecule has 1 rings (SSSR count). The monoisotopic (exact) mass is 268 g/mol. The third-order valence-electron chi connectivity index (χ3n) is 2.86. The fraction of sp³-hybridized carbons (Fsp3) is 0.500. The number of hydrogen-bond donors (Lipinski definition) is 1. The highest BCUT2D eigenvalue weighted by atomic mass is 19.1. The minimum Gasteiger partial charge on any atom is -0.468 e. The van der Waals surface area contributed by atoms with Gasteiger partial charge in [0.25, 0.3) is 0 Å². The van der Waals surface area contributed by atoms with Crippen LogP contribution in [-0.2, 0) is 9.53 Å². The summed E-state index contributed by atoms with van der Waals surface area (Å²) in [5, 5.41) is 3.13. The predicted octanol–water partition coefficient (Wildman–Crippen LogP) is 1.50. The lowest BCUT2D eigenvalue weighted by atomic mass is 10.0. The second-order valence-corrected chi connectivity index (χ2v) is 4.72. The van der Waals surface area contributed by atoms with Gasteiger partial charge in [0.1, 0.15) is 11.9 Å². The van der Waals surface area contributed by atoms with Gasteiger partial charge in [-0.15, -0.1) is 0 Å². The number of methoxy groups -OCH3 is 1. The average Bonchev–Trinajstić information content (AvgIpc) is 2.37. The fourth-order valence-electron chi connectivity index (χ4n) is 1.74. The van der Waals surface area contributed by atoms with Crippen molar-refractivity contribution in [3.63, 3.8) is 0 Å². The van der Waals surface area contributed by atoms with Crippen LogP contribution in [0.1, 0.15) is 17.2 Å². The van der Waals surface area contributed by atoms with Crippen molar-refractivity contribution in [3.05, 3.63) is 35.1 Å². The number of hydrogen-bond acceptors (Lipinski definition) is 4. The van der Waals surface area contributed by atoms with Crippen LogP contribution in [0.3, 0.4) is 0 Å². The van der Waals surface area contributed by atoms with Gasteiger partial charge in [-0.2, -0.15) is 0 Å². The Bertz CT molecular complexity index is 435. The molecule has 106 valence electrons. The van der Waals surface area contributed by atoms with Crippen molar-refractivity contribution in [2.24, 2.45) is 0 Å². The molecule has 0 saturated carbocycles. The van der Waals surface area contributed by atoms with Gasteiger partial charge in [0, 0.05) is 13.1 Å². The first kappa shape index (κ1) is 15.6. The summed E-state index contributed by atoms with van der Waals surface area (Å²) in [6, 6.07) is 4.07. The zero-order valence-corrected chi connectivity index (χ0v) is 11.9. The third-order valence-corrected chi connectivity index (χ3v) is 2.86. The van der Waals surface area contributed by atoms with Crippen LogP contribution >= 0.6 is 0 Å². The van der Waals surface area contributed by atoms with Crippen LogP contribution in [-0.4, -0.2) is 45.2 Å². The zero-order chi connectivity index (χ0) is 14.4. The minimum atomic E-state index is -0.566. The molecule has 0 bridgehead atoms. The van der Waals surface area contributed by atoms with Crippen molar-refractivity contribution >= 4 is 5.97 Å². The number of halogens is 1. The highest BCUT2D eigenvalue weighted by molar-refractivity contribution is 5.77. The summed E-state index contributed by atoms with van der Waals surface area (Å²) in [7, 11) is 5.26. The SMILES string of the molecule is COC(=O)C(NCCN(C)C)c1ccc(F)c(C)c1. The second-order valence-electron chi connectivity index (χ2n) is 4.72. The summed E-state index contributed by atoms with van der Waals surface area (Å²) in [5.41, 5.74) is 1.23. The maximum Gasteiger partial charge on any atom is 0.327 e. The topological polar surface area (TPSA) is 41.6 Å². The average molecular weight is 268 g/mol. The summed E-state index contributed by atoms with van der Waals surface area (Å²) in [6.07, 6.45) is 0. The number of rotatable bonds is 6. The minimum absolute atomic E-state index is 0.277. The van der Waals surface area contributed by atoms with Crippen LogP contribution in [0, 0.1) is 12.7 Å². The van der Waals surface area contributed by atoms with Crippen molar-refractivity contribution in [2.45, 2.75) is 13.0 Å². The Hall–Kier alpha value is -1.46. The number of ether oxygens (including phenoxy) is 1. The predicted molar refractivity (Wildman–Crippen MR) is 72.5 cm³/mol. The van der Waals surface area contributed by atoms with Gasteiger partial charge < -0.3 is 9.64 Å². The first-order valence-electron chi connectivity index (χ1n) is 6.17. The quantitative estimate of drug-likeness (QED) is 0.794. The lowest BCUT2D eigenvalue weighted by molar-refractivity contribution is -0.143. The molecule has 0 aromatic heterocycles. The molecule has 5 heteroatoms. The Morgan fingerprint density at radius 1 is 1.47 bits per heavy atom. The molecule has 4 nitrogen and oxygen atoms in total. The third kappa shape index (κ3) is 4.61. The number of nitrogens with zero attached hydrogens (tertiary/aromatic N) is 1. The van der Waals surface area contributed by atoms with Crippen LogP contribution in [0.2, 0.25) is 0 Å². The first-order chi connectivity index (χ1) is 8.95. The fourth-order valence-corrected chi connectivity index (χ4v) is 1.74. The molecule has 1 unspecified atom stereocenters. The lowest BCUT2D eigenvalue weighted by Crippen LogP contribution is -2.34. The normalized spacial score (nSPS) is 12.5. The van der Waals surface area contributed by atoms with Gasteiger partial charge >= 0.3 is 5.97 Å². The molecule has 1 N–H and O–H groups in total. The summed E-state index contributed by atoms with van der Waals surface area (Å²) in [5.74, 6) is -0.648. The van der Waals surface area contributed by atoms with Gasteiger partial charge in [0.2, 0.25) is 0 Å². The summed E-state index contributed by atoms with van der Waals surface area (Å²) >= 11 is 0. The molecule has 19 heavy (non-hydrogen) atoms. The molecule has 0 aliphatic carbocycles. The van der Waals surface area contributed by atoms with Crippen LogP contribution in [0.5, 0.6) is 0 Å². The van der Waals surface area contributed by atoms with Crippen molar-refractivity contribution in [3.8, 4) is 0 Å². The number of esters is 1. The van der Waals surface area contributed by atoms with Gasteiger partial charge in [0.15, 0.2) is 0 Å². The molecule has 0 spiro atoms. The van der Waals surface area contributed by atoms with E-state index in [1.54, 1.807) is 19.1 Å². The summed E-state index contributed by atoms with van der Waals surface area (Å²) in [6.45, 7) is 3.11. The molecular weight excluding hydrogens is 247 g/mol. The smallest absolute Gasteiger partial charge is 0.327 e. The molecule has 0 heterocycles. The molecule has 1 aromatic carbocycles. The molecule has 0 aliphatic rings. The van der Waals surface area contributed by atoms with Crippen LogP contribution < -0.4 is 5.32 Å². The maximum absolute atomic E-state index is 13.3. The van der Waals surface area contributed by atoms with E-state index in [2.05, 4.69) is 5.32 Å². The van der Waals surface area contributed by atoms with Crippen molar-refractivity contribution in [1.82, 2.24) is 10.2 Å². The number of carbonyl (C=O) groups is 1. The molecule has 0 saturated heterocycles. The molecule has 0 fully saturated rings. The Labute approximate surface area is 113 Å². The van der Waals surface area contributed by atoms with Crippen LogP contribution in [0.25, 0.3) is 0 Å². The molecule has 0 radical (unpaired) electrons. The van der Waals surface area contributed by atoms with E-state index in [0.29, 0.717) is 17.7 Å². The van der Waals surface area contributed by atoms with Gasteiger partial charge in [0.05, 0.1) is 7.11 Å². The van der Waals surface area contributed by atoms with E-state index >= 15 is 0 Å². The molecule has 0 amide bonds. The van der Waals surface area contributed by atoms with Crippen molar-refractivity contribution < 1.29 is 13.9 Å². The lowest BCUT2D eigenvalue weighted by Gasteiger charge is -2.19. The number of nitrogens with one attached hydrogen (secondary N) is 1. The maximum atomic E-state index is 13.3. The van der Waals surface area contributed by atoms with E-state index < -0.39 is 6.04 Å². The molecule has 1 atom stereocenters. The van der Waals surface area contributed by atoms with E-state index in [1.807, 2.05) is 19.0 Å². The van der Waals surface area contributed by atoms with Gasteiger partial charge in [-0.1, -0.05) is 12.1 Å². The Balaban J connectivity index is 2.83. The summed E-state index contributed by atoms with van der Waals surface area (Å²) < 4.78 is 18.0. The van der Waals surface area contributed by atoms with Gasteiger partial charge in [-0.3, -0.25) is 5.32 Å². The van der Waals surface area contributed by atoms with Gasteiger partial charge in [-0.05, 0) is 38.2 Å². The Kier molecular flexibility index (Phi) is 5.92. The standard InChI is InChI=1S/C14H21FN2O2/c1-10-9-11(5-6-12(10)15)13(14(18)19-4)16-7-8-17(2)3/h5-6,9,13,16H,7-8H2,1-4H3. The number of aryl methyl sites for hydroxylation is 1. The Morgan fingerprint density at radius 2 is 2.16 bits per heavy atom. The van der Waals surface area contributed by atoms with Crippen LogP contribution in [0.15, 0.2) is 18.2 Å². The van der Waals surface area contributed by atoms with E-state index in [1.165, 1.54) is 13.2 Å². The zero-order valence-electron chi connectivity index (χ0n) is 11.9. The highest BCUT2D eigenvalue weighted by Crippen LogP contribution is 2.18. The van der Waals surface area contributed by atoms with E-state index in [0.717, 1.165) is 6.54 Å². The van der Waals surface area contributed by atoms with E-state index in [9.17, 15) is 9.18 Å². The molecule has 1 aromatic rings. The number of likely N-dealkylation sites (N-methyl/N-ethyl adjacent to an activating group) is 1. The largest absolute Gasteiger partial charge is 0.468 e. The van der Waals surface area contributed by atoms with Crippen molar-refractivity contribution in [1.29, 1.82) is 0 Å². The second kappa shape index (κ2) is 7.21. The van der Waals surface area contributed by atoms with E-state index in [4.69, 9.17) is 4.74 Å². The van der Waals surface area contributed by atoms with E-state index in [-0.39, 0.29) is 11.8 Å². The Morgan fingerprint density at radius 3 is 2.68 bits per heavy atom. The molecular formula is C14H21FN2O2. The van der Waals surface area contributed by atoms with Gasteiger partial charge in [-0.25, -0.2) is 9.18 Å². The number of benzene rings is 1.